The number of Topliss-reactive ketones (excluding diaryl/α,β-unsaturated/α-hetero) is 1. The number of hydrogen-bond acceptors (Lipinski definition) is 5. The highest BCUT2D eigenvalue weighted by Crippen LogP contribution is 2.67. The Hall–Kier alpha value is -0.910. The van der Waals surface area contributed by atoms with Crippen LogP contribution in [0.3, 0.4) is 0 Å². The van der Waals surface area contributed by atoms with Crippen LogP contribution >= 0.6 is 11.8 Å². The highest BCUT2D eigenvalue weighted by Gasteiger charge is 2.67. The zero-order valence-corrected chi connectivity index (χ0v) is 17.2. The number of aliphatic hydroxyl groups is 2. The Bertz CT molecular complexity index is 743. The van der Waals surface area contributed by atoms with Gasteiger partial charge in [-0.25, -0.2) is 0 Å². The molecule has 5 heteroatoms. The first-order valence-electron chi connectivity index (χ1n) is 10.0. The van der Waals surface area contributed by atoms with Gasteiger partial charge in [-0.2, -0.15) is 11.8 Å². The summed E-state index contributed by atoms with van der Waals surface area (Å²) in [6, 6.07) is 0. The first kappa shape index (κ1) is 19.4. The standard InChI is InChI=1S/C22H30O4S/c1-20-8-6-14(23)10-13(20)4-5-15-16-7-9-22(26,18(25)12-27-3)21(16,2)11-17(24)19(15)20/h6,8,10,15-17,19,24,26H,4-5,7,9,11-12H2,1-3H3/t15-,16-,17-,19+,20-,21-,22-/m0/s1. The predicted octanol–water partition coefficient (Wildman–Crippen LogP) is 2.93. The van der Waals surface area contributed by atoms with Crippen LogP contribution in [0.25, 0.3) is 0 Å². The van der Waals surface area contributed by atoms with E-state index < -0.39 is 17.1 Å². The van der Waals surface area contributed by atoms with Crippen LogP contribution in [0.4, 0.5) is 0 Å². The van der Waals surface area contributed by atoms with Gasteiger partial charge in [-0.05, 0) is 62.3 Å². The van der Waals surface area contributed by atoms with Gasteiger partial charge in [0.1, 0.15) is 5.60 Å². The Morgan fingerprint density at radius 3 is 2.78 bits per heavy atom. The molecular weight excluding hydrogens is 360 g/mol. The monoisotopic (exact) mass is 390 g/mol. The molecule has 0 spiro atoms. The normalized spacial score (nSPS) is 48.5. The molecule has 0 aliphatic heterocycles. The highest BCUT2D eigenvalue weighted by molar-refractivity contribution is 7.99. The third-order valence-corrected chi connectivity index (χ3v) is 8.94. The minimum atomic E-state index is -1.33. The maximum atomic E-state index is 12.8. The summed E-state index contributed by atoms with van der Waals surface area (Å²) in [6.45, 7) is 4.17. The molecular formula is C22H30O4S. The van der Waals surface area contributed by atoms with Crippen LogP contribution in [-0.4, -0.2) is 45.5 Å². The number of thioether (sulfide) groups is 1. The number of allylic oxidation sites excluding steroid dienone is 4. The lowest BCUT2D eigenvalue weighted by atomic mass is 9.46. The van der Waals surface area contributed by atoms with E-state index in [2.05, 4.69) is 6.92 Å². The fraction of sp³-hybridized carbons (Fsp3) is 0.727. The number of hydrogen-bond donors (Lipinski definition) is 2. The van der Waals surface area contributed by atoms with Gasteiger partial charge >= 0.3 is 0 Å². The highest BCUT2D eigenvalue weighted by atomic mass is 32.2. The summed E-state index contributed by atoms with van der Waals surface area (Å²) in [7, 11) is 0. The van der Waals surface area contributed by atoms with Gasteiger partial charge in [0.15, 0.2) is 11.6 Å². The molecule has 0 radical (unpaired) electrons. The second-order valence-electron chi connectivity index (χ2n) is 9.47. The van der Waals surface area contributed by atoms with E-state index in [0.29, 0.717) is 18.6 Å². The van der Waals surface area contributed by atoms with Crippen LogP contribution in [0.15, 0.2) is 23.8 Å². The molecule has 148 valence electrons. The van der Waals surface area contributed by atoms with Crippen LogP contribution in [0.2, 0.25) is 0 Å². The summed E-state index contributed by atoms with van der Waals surface area (Å²) >= 11 is 1.45. The number of rotatable bonds is 3. The Kier molecular flexibility index (Phi) is 4.53. The second-order valence-corrected chi connectivity index (χ2v) is 10.3. The molecule has 4 rings (SSSR count). The summed E-state index contributed by atoms with van der Waals surface area (Å²) in [4.78, 5) is 24.7. The van der Waals surface area contributed by atoms with Crippen molar-refractivity contribution in [1.29, 1.82) is 0 Å². The minimum absolute atomic E-state index is 0.0361. The number of carbonyl (C=O) groups excluding carboxylic acids is 2. The first-order chi connectivity index (χ1) is 12.7. The lowest BCUT2D eigenvalue weighted by Crippen LogP contribution is -2.61. The zero-order chi connectivity index (χ0) is 19.6. The van der Waals surface area contributed by atoms with Gasteiger partial charge in [0.2, 0.25) is 0 Å². The smallest absolute Gasteiger partial charge is 0.178 e. The van der Waals surface area contributed by atoms with Crippen LogP contribution in [-0.2, 0) is 9.59 Å². The molecule has 0 bridgehead atoms. The molecule has 0 aromatic carbocycles. The van der Waals surface area contributed by atoms with E-state index in [1.54, 1.807) is 12.2 Å². The Morgan fingerprint density at radius 1 is 1.33 bits per heavy atom. The van der Waals surface area contributed by atoms with Crippen molar-refractivity contribution in [2.45, 2.75) is 57.7 Å². The van der Waals surface area contributed by atoms with Gasteiger partial charge < -0.3 is 10.2 Å². The summed E-state index contributed by atoms with van der Waals surface area (Å²) < 4.78 is 0. The van der Waals surface area contributed by atoms with Crippen molar-refractivity contribution in [3.05, 3.63) is 23.8 Å². The van der Waals surface area contributed by atoms with Crippen molar-refractivity contribution in [2.24, 2.45) is 28.6 Å². The minimum Gasteiger partial charge on any atom is -0.393 e. The number of aliphatic hydroxyl groups excluding tert-OH is 1. The van der Waals surface area contributed by atoms with Gasteiger partial charge in [-0.1, -0.05) is 25.5 Å². The maximum absolute atomic E-state index is 12.8. The molecule has 4 aliphatic carbocycles. The maximum Gasteiger partial charge on any atom is 0.178 e. The third kappa shape index (κ3) is 2.50. The van der Waals surface area contributed by atoms with Gasteiger partial charge in [-0.3, -0.25) is 9.59 Å². The molecule has 0 aromatic heterocycles. The van der Waals surface area contributed by atoms with E-state index >= 15 is 0 Å². The topological polar surface area (TPSA) is 74.6 Å². The van der Waals surface area contributed by atoms with E-state index in [1.807, 2.05) is 19.3 Å². The summed E-state index contributed by atoms with van der Waals surface area (Å²) in [6.07, 6.45) is 10.2. The molecule has 0 aromatic rings. The first-order valence-corrected chi connectivity index (χ1v) is 11.4. The van der Waals surface area contributed by atoms with E-state index in [-0.39, 0.29) is 34.7 Å². The lowest BCUT2D eigenvalue weighted by Gasteiger charge is -2.59. The van der Waals surface area contributed by atoms with Gasteiger partial charge in [-0.15, -0.1) is 0 Å². The summed E-state index contributed by atoms with van der Waals surface area (Å²) in [5, 5.41) is 22.7. The van der Waals surface area contributed by atoms with Gasteiger partial charge in [0.25, 0.3) is 0 Å². The number of ketones is 2. The number of carbonyl (C=O) groups is 2. The molecule has 0 saturated heterocycles. The zero-order valence-electron chi connectivity index (χ0n) is 16.4. The summed E-state index contributed by atoms with van der Waals surface area (Å²) in [5.41, 5.74) is -1.08. The fourth-order valence-corrected chi connectivity index (χ4v) is 7.54. The van der Waals surface area contributed by atoms with E-state index in [9.17, 15) is 19.8 Å². The summed E-state index contributed by atoms with van der Waals surface area (Å²) in [5.74, 6) is 0.794. The van der Waals surface area contributed by atoms with Crippen molar-refractivity contribution < 1.29 is 19.8 Å². The van der Waals surface area contributed by atoms with E-state index in [1.165, 1.54) is 11.8 Å². The van der Waals surface area contributed by atoms with Crippen molar-refractivity contribution in [1.82, 2.24) is 0 Å². The molecule has 0 amide bonds. The SMILES string of the molecule is CSCC(=O)[C@@]1(O)CC[C@H]2[C@@H]3CCC4=CC(=O)C=C[C@]4(C)[C@H]3[C@@H](O)C[C@@]21C. The third-order valence-electron chi connectivity index (χ3n) is 8.38. The fourth-order valence-electron chi connectivity index (χ4n) is 7.04. The van der Waals surface area contributed by atoms with Crippen LogP contribution in [0.5, 0.6) is 0 Å². The van der Waals surface area contributed by atoms with Crippen molar-refractivity contribution >= 4 is 23.3 Å². The van der Waals surface area contributed by atoms with Gasteiger partial charge in [0.05, 0.1) is 11.9 Å². The molecule has 0 heterocycles. The Balaban J connectivity index is 1.72. The molecule has 27 heavy (non-hydrogen) atoms. The largest absolute Gasteiger partial charge is 0.393 e. The average molecular weight is 391 g/mol. The Morgan fingerprint density at radius 2 is 2.07 bits per heavy atom. The molecule has 7 atom stereocenters. The van der Waals surface area contributed by atoms with Crippen LogP contribution in [0.1, 0.15) is 46.0 Å². The molecule has 3 saturated carbocycles. The molecule has 3 fully saturated rings. The number of fused-ring (bicyclic) bond motifs is 5. The molecule has 4 nitrogen and oxygen atoms in total. The van der Waals surface area contributed by atoms with E-state index in [0.717, 1.165) is 24.8 Å². The van der Waals surface area contributed by atoms with Gasteiger partial charge in [0, 0.05) is 16.7 Å². The van der Waals surface area contributed by atoms with Crippen LogP contribution in [0, 0.1) is 28.6 Å². The quantitative estimate of drug-likeness (QED) is 0.775. The Labute approximate surface area is 165 Å². The average Bonchev–Trinajstić information content (AvgIpc) is 2.87. The van der Waals surface area contributed by atoms with E-state index in [4.69, 9.17) is 0 Å². The molecule has 2 N–H and O–H groups in total. The van der Waals surface area contributed by atoms with Crippen molar-refractivity contribution in [3.63, 3.8) is 0 Å². The lowest BCUT2D eigenvalue weighted by molar-refractivity contribution is -0.174. The molecule has 0 unspecified atom stereocenters. The van der Waals surface area contributed by atoms with Crippen molar-refractivity contribution in [2.75, 3.05) is 12.0 Å². The predicted molar refractivity (Wildman–Crippen MR) is 106 cm³/mol. The van der Waals surface area contributed by atoms with Crippen LogP contribution < -0.4 is 0 Å². The second kappa shape index (κ2) is 6.30. The molecule has 4 aliphatic rings. The van der Waals surface area contributed by atoms with Crippen molar-refractivity contribution in [3.8, 4) is 0 Å².